The summed E-state index contributed by atoms with van der Waals surface area (Å²) in [6.07, 6.45) is 6.10. The van der Waals surface area contributed by atoms with Crippen LogP contribution in [0.4, 0.5) is 20.6 Å². The number of aromatic nitrogens is 5. The molecule has 0 atom stereocenters. The number of nitrogens with one attached hydrogen (secondary N) is 3. The molecule has 3 N–H and O–H groups in total. The monoisotopic (exact) mass is 537 g/mol. The Morgan fingerprint density at radius 3 is 2.55 bits per heavy atom. The van der Waals surface area contributed by atoms with Gasteiger partial charge in [0.2, 0.25) is 0 Å². The topological polar surface area (TPSA) is 115 Å². The molecule has 0 aliphatic carbocycles. The summed E-state index contributed by atoms with van der Waals surface area (Å²) in [5, 5.41) is 13.3. The highest BCUT2D eigenvalue weighted by atomic mass is 19.1. The highest BCUT2D eigenvalue weighted by molar-refractivity contribution is 6.00. The molecule has 2 amide bonds. The number of urea groups is 1. The Morgan fingerprint density at radius 2 is 1.73 bits per heavy atom. The molecule has 3 aromatic heterocycles. The Balaban J connectivity index is 1.25. The molecule has 1 fully saturated rings. The summed E-state index contributed by atoms with van der Waals surface area (Å²) in [6.45, 7) is 5.16. The number of hydrogen-bond donors (Lipinski definition) is 3. The van der Waals surface area contributed by atoms with E-state index in [0.717, 1.165) is 49.2 Å². The first-order chi connectivity index (χ1) is 19.5. The number of H-pyrrole nitrogens is 1. The number of amides is 2. The van der Waals surface area contributed by atoms with Gasteiger partial charge in [0.05, 0.1) is 23.8 Å². The zero-order chi connectivity index (χ0) is 27.5. The minimum absolute atomic E-state index is 0.285. The predicted molar refractivity (Wildman–Crippen MR) is 152 cm³/mol. The second-order valence-corrected chi connectivity index (χ2v) is 9.91. The summed E-state index contributed by atoms with van der Waals surface area (Å²) in [4.78, 5) is 29.5. The molecule has 2 aromatic carbocycles. The van der Waals surface area contributed by atoms with Crippen LogP contribution < -0.4 is 10.6 Å². The van der Waals surface area contributed by atoms with Crippen LogP contribution in [0.3, 0.4) is 0 Å². The first-order valence-electron chi connectivity index (χ1n) is 13.0. The number of hydrogen-bond acceptors (Lipinski definition) is 7. The minimum atomic E-state index is -0.541. The number of rotatable bonds is 6. The van der Waals surface area contributed by atoms with Crippen molar-refractivity contribution in [1.82, 2.24) is 34.9 Å². The van der Waals surface area contributed by atoms with Crippen molar-refractivity contribution in [3.8, 4) is 22.4 Å². The lowest BCUT2D eigenvalue weighted by atomic mass is 10.0. The van der Waals surface area contributed by atoms with E-state index in [2.05, 4.69) is 76.9 Å². The van der Waals surface area contributed by atoms with E-state index < -0.39 is 11.8 Å². The van der Waals surface area contributed by atoms with Crippen LogP contribution in [-0.4, -0.2) is 74.2 Å². The Morgan fingerprint density at radius 1 is 0.925 bits per heavy atom. The molecule has 4 heterocycles. The molecule has 0 spiro atoms. The maximum Gasteiger partial charge on any atom is 0.323 e. The van der Waals surface area contributed by atoms with Crippen LogP contribution >= 0.6 is 0 Å². The van der Waals surface area contributed by atoms with Crippen molar-refractivity contribution in [3.05, 3.63) is 84.8 Å². The van der Waals surface area contributed by atoms with E-state index >= 15 is 0 Å². The summed E-state index contributed by atoms with van der Waals surface area (Å²) >= 11 is 0. The van der Waals surface area contributed by atoms with Gasteiger partial charge in [0.25, 0.3) is 0 Å². The van der Waals surface area contributed by atoms with E-state index in [1.54, 1.807) is 12.3 Å². The predicted octanol–water partition coefficient (Wildman–Crippen LogP) is 4.61. The first-order valence-corrected chi connectivity index (χ1v) is 13.0. The number of aromatic amines is 1. The molecule has 5 aromatic rings. The molecule has 1 saturated heterocycles. The quantitative estimate of drug-likeness (QED) is 0.290. The Labute approximate surface area is 230 Å². The van der Waals surface area contributed by atoms with Gasteiger partial charge < -0.3 is 15.5 Å². The van der Waals surface area contributed by atoms with Crippen molar-refractivity contribution >= 4 is 28.4 Å². The average Bonchev–Trinajstić information content (AvgIpc) is 3.38. The third-order valence-electron chi connectivity index (χ3n) is 6.93. The lowest BCUT2D eigenvalue weighted by molar-refractivity contribution is 0.148. The molecule has 0 saturated carbocycles. The lowest BCUT2D eigenvalue weighted by Crippen LogP contribution is -2.43. The Bertz CT molecular complexity index is 1650. The highest BCUT2D eigenvalue weighted by Crippen LogP contribution is 2.31. The van der Waals surface area contributed by atoms with E-state index in [1.807, 2.05) is 6.07 Å². The van der Waals surface area contributed by atoms with Gasteiger partial charge in [-0.15, -0.1) is 0 Å². The summed E-state index contributed by atoms with van der Waals surface area (Å²) in [6, 6.07) is 14.3. The second kappa shape index (κ2) is 11.2. The zero-order valence-corrected chi connectivity index (χ0v) is 21.9. The van der Waals surface area contributed by atoms with Crippen LogP contribution in [0.2, 0.25) is 0 Å². The lowest BCUT2D eigenvalue weighted by Gasteiger charge is -2.32. The number of fused-ring (bicyclic) bond motifs is 1. The number of anilines is 2. The van der Waals surface area contributed by atoms with E-state index in [4.69, 9.17) is 0 Å². The van der Waals surface area contributed by atoms with Gasteiger partial charge in [-0.25, -0.2) is 24.1 Å². The summed E-state index contributed by atoms with van der Waals surface area (Å²) in [5.41, 5.74) is 5.60. The number of carbonyl (C=O) groups is 1. The van der Waals surface area contributed by atoms with E-state index in [9.17, 15) is 9.18 Å². The number of carbonyl (C=O) groups excluding carboxylic acids is 1. The van der Waals surface area contributed by atoms with Gasteiger partial charge in [0.1, 0.15) is 12.1 Å². The number of halogens is 1. The third-order valence-corrected chi connectivity index (χ3v) is 6.93. The van der Waals surface area contributed by atoms with Crippen LogP contribution in [0.25, 0.3) is 33.4 Å². The number of nitrogens with zero attached hydrogens (tertiary/aromatic N) is 6. The van der Waals surface area contributed by atoms with Gasteiger partial charge in [-0.1, -0.05) is 18.2 Å². The molecule has 0 unspecified atom stereocenters. The minimum Gasteiger partial charge on any atom is -0.308 e. The van der Waals surface area contributed by atoms with E-state index in [0.29, 0.717) is 22.6 Å². The van der Waals surface area contributed by atoms with Gasteiger partial charge in [-0.3, -0.25) is 10.00 Å². The number of pyridine rings is 1. The molecule has 0 bridgehead atoms. The second-order valence-electron chi connectivity index (χ2n) is 9.91. The smallest absolute Gasteiger partial charge is 0.308 e. The van der Waals surface area contributed by atoms with Gasteiger partial charge in [-0.05, 0) is 48.5 Å². The van der Waals surface area contributed by atoms with Crippen LogP contribution in [0.15, 0.2) is 73.4 Å². The van der Waals surface area contributed by atoms with Crippen molar-refractivity contribution in [1.29, 1.82) is 0 Å². The molecule has 11 heteroatoms. The van der Waals surface area contributed by atoms with Crippen molar-refractivity contribution in [2.45, 2.75) is 6.54 Å². The molecular weight excluding hydrogens is 509 g/mol. The van der Waals surface area contributed by atoms with Gasteiger partial charge in [-0.2, -0.15) is 5.10 Å². The molecule has 6 rings (SSSR count). The maximum absolute atomic E-state index is 14.7. The maximum atomic E-state index is 14.7. The largest absolute Gasteiger partial charge is 0.323 e. The average molecular weight is 538 g/mol. The van der Waals surface area contributed by atoms with Gasteiger partial charge in [0.15, 0.2) is 5.65 Å². The summed E-state index contributed by atoms with van der Waals surface area (Å²) in [7, 11) is 2.16. The van der Waals surface area contributed by atoms with Crippen LogP contribution in [-0.2, 0) is 6.54 Å². The Kier molecular flexibility index (Phi) is 7.13. The number of benzene rings is 2. The van der Waals surface area contributed by atoms with E-state index in [1.165, 1.54) is 36.4 Å². The summed E-state index contributed by atoms with van der Waals surface area (Å²) in [5.74, 6) is -0.501. The fourth-order valence-electron chi connectivity index (χ4n) is 4.85. The zero-order valence-electron chi connectivity index (χ0n) is 21.9. The molecule has 202 valence electrons. The van der Waals surface area contributed by atoms with Crippen molar-refractivity contribution in [2.24, 2.45) is 0 Å². The molecule has 10 nitrogen and oxygen atoms in total. The summed E-state index contributed by atoms with van der Waals surface area (Å²) < 4.78 is 14.7. The van der Waals surface area contributed by atoms with Gasteiger partial charge in [0, 0.05) is 61.1 Å². The number of likely N-dealkylation sites (N-methyl/N-ethyl adjacent to an activating group) is 1. The van der Waals surface area contributed by atoms with E-state index in [-0.39, 0.29) is 5.69 Å². The SMILES string of the molecule is CN1CCN(Cc2cccc(-c3cnc4n[nH]c(-c5cc(F)cc(NC(=O)Nc6cncnc6)c5)c4c3)c2)CC1. The van der Waals surface area contributed by atoms with Crippen LogP contribution in [0, 0.1) is 5.82 Å². The molecule has 1 aliphatic heterocycles. The van der Waals surface area contributed by atoms with Crippen molar-refractivity contribution in [3.63, 3.8) is 0 Å². The fraction of sp³-hybridized carbons (Fsp3) is 0.207. The van der Waals surface area contributed by atoms with Crippen molar-refractivity contribution in [2.75, 3.05) is 43.9 Å². The van der Waals surface area contributed by atoms with Crippen LogP contribution in [0.1, 0.15) is 5.56 Å². The fourth-order valence-corrected chi connectivity index (χ4v) is 4.85. The number of piperazine rings is 1. The Hall–Kier alpha value is -4.74. The molecular formula is C29H28FN9O. The standard InChI is InChI=1S/C29H28FN9O/c1-38-5-7-39(8-6-38)17-19-3-2-4-20(9-19)22-12-26-27(36-37-28(26)33-14-22)21-10-23(30)13-24(11-21)34-29(40)35-25-15-31-18-32-16-25/h2-4,9-16,18H,5-8,17H2,1H3,(H,33,36,37)(H2,34,35,40). The first kappa shape index (κ1) is 25.5. The normalized spacial score (nSPS) is 14.3. The third kappa shape index (κ3) is 5.80. The molecule has 0 radical (unpaired) electrons. The molecule has 1 aliphatic rings. The van der Waals surface area contributed by atoms with Crippen molar-refractivity contribution < 1.29 is 9.18 Å². The molecule has 40 heavy (non-hydrogen) atoms. The van der Waals surface area contributed by atoms with Gasteiger partial charge >= 0.3 is 6.03 Å². The highest BCUT2D eigenvalue weighted by Gasteiger charge is 2.16. The van der Waals surface area contributed by atoms with Crippen LogP contribution in [0.5, 0.6) is 0 Å².